The molecule has 0 bridgehead atoms. The minimum absolute atomic E-state index is 0.527. The maximum absolute atomic E-state index is 5.97. The van der Waals surface area contributed by atoms with Crippen molar-refractivity contribution in [3.8, 4) is 17.0 Å². The van der Waals surface area contributed by atoms with Crippen LogP contribution in [0.2, 0.25) is 0 Å². The van der Waals surface area contributed by atoms with Gasteiger partial charge in [0.1, 0.15) is 18.1 Å². The highest BCUT2D eigenvalue weighted by Crippen LogP contribution is 2.30. The van der Waals surface area contributed by atoms with Crippen LogP contribution in [0.25, 0.3) is 11.3 Å². The lowest BCUT2D eigenvalue weighted by Crippen LogP contribution is -1.98. The zero-order valence-corrected chi connectivity index (χ0v) is 13.0. The maximum atomic E-state index is 5.97. The van der Waals surface area contributed by atoms with Crippen molar-refractivity contribution in [2.45, 2.75) is 6.61 Å². The normalized spacial score (nSPS) is 10.3. The van der Waals surface area contributed by atoms with E-state index < -0.39 is 0 Å². The second-order valence-corrected chi connectivity index (χ2v) is 5.56. The topological polar surface area (TPSA) is 22.1 Å². The van der Waals surface area contributed by atoms with Crippen LogP contribution in [0.3, 0.4) is 0 Å². The first kappa shape index (κ1) is 13.8. The highest BCUT2D eigenvalue weighted by atomic mass is 79.9. The highest BCUT2D eigenvalue weighted by Gasteiger charge is 2.09. The summed E-state index contributed by atoms with van der Waals surface area (Å²) in [6.07, 6.45) is 1.79. The predicted octanol–water partition coefficient (Wildman–Crippen LogP) is 5.09. The van der Waals surface area contributed by atoms with Crippen molar-refractivity contribution in [2.75, 3.05) is 0 Å². The summed E-state index contributed by atoms with van der Waals surface area (Å²) in [6.45, 7) is 0.527. The summed E-state index contributed by atoms with van der Waals surface area (Å²) < 4.78 is 6.87. The van der Waals surface area contributed by atoms with E-state index in [1.807, 2.05) is 66.7 Å². The van der Waals surface area contributed by atoms with Gasteiger partial charge in [-0.25, -0.2) is 0 Å². The van der Waals surface area contributed by atoms with Gasteiger partial charge < -0.3 is 4.74 Å². The van der Waals surface area contributed by atoms with Crippen LogP contribution >= 0.6 is 15.9 Å². The Kier molecular flexibility index (Phi) is 4.31. The van der Waals surface area contributed by atoms with Crippen molar-refractivity contribution in [2.24, 2.45) is 0 Å². The van der Waals surface area contributed by atoms with Crippen LogP contribution in [-0.2, 0) is 6.61 Å². The molecule has 3 rings (SSSR count). The molecule has 2 aromatic carbocycles. The zero-order valence-electron chi connectivity index (χ0n) is 11.4. The zero-order chi connectivity index (χ0) is 14.5. The van der Waals surface area contributed by atoms with Crippen molar-refractivity contribution in [1.29, 1.82) is 0 Å². The quantitative estimate of drug-likeness (QED) is 0.660. The fraction of sp³-hybridized carbons (Fsp3) is 0.0556. The summed E-state index contributed by atoms with van der Waals surface area (Å²) in [6, 6.07) is 22.1. The van der Waals surface area contributed by atoms with Gasteiger partial charge >= 0.3 is 0 Å². The molecule has 1 heterocycles. The van der Waals surface area contributed by atoms with E-state index in [2.05, 4.69) is 20.9 Å². The third kappa shape index (κ3) is 3.50. The van der Waals surface area contributed by atoms with Crippen LogP contribution < -0.4 is 4.74 Å². The van der Waals surface area contributed by atoms with Gasteiger partial charge in [0.05, 0.1) is 0 Å². The van der Waals surface area contributed by atoms with E-state index in [0.717, 1.165) is 27.0 Å². The molecule has 1 aromatic heterocycles. The Morgan fingerprint density at radius 1 is 0.905 bits per heavy atom. The first-order valence-electron chi connectivity index (χ1n) is 6.70. The molecular formula is C18H14BrNO. The number of aromatic nitrogens is 1. The number of ether oxygens (including phenoxy) is 1. The van der Waals surface area contributed by atoms with Crippen LogP contribution in [0.1, 0.15) is 5.56 Å². The highest BCUT2D eigenvalue weighted by molar-refractivity contribution is 9.10. The average molecular weight is 340 g/mol. The van der Waals surface area contributed by atoms with E-state index >= 15 is 0 Å². The molecule has 0 spiro atoms. The Bertz CT molecular complexity index is 714. The summed E-state index contributed by atoms with van der Waals surface area (Å²) in [5.41, 5.74) is 3.04. The lowest BCUT2D eigenvalue weighted by atomic mass is 10.1. The standard InChI is InChI=1S/C18H14BrNO/c19-16-11-17(21-13-14-7-3-1-4-8-14)18(20-12-16)15-9-5-2-6-10-15/h1-12H,13H2. The molecule has 2 nitrogen and oxygen atoms in total. The van der Waals surface area contributed by atoms with Gasteiger partial charge in [-0.3, -0.25) is 4.98 Å². The summed E-state index contributed by atoms with van der Waals surface area (Å²) in [4.78, 5) is 4.49. The minimum atomic E-state index is 0.527. The van der Waals surface area contributed by atoms with E-state index in [0.29, 0.717) is 6.61 Å². The molecule has 21 heavy (non-hydrogen) atoms. The number of benzene rings is 2. The van der Waals surface area contributed by atoms with Gasteiger partial charge in [-0.15, -0.1) is 0 Å². The SMILES string of the molecule is Brc1cnc(-c2ccccc2)c(OCc2ccccc2)c1. The monoisotopic (exact) mass is 339 g/mol. The fourth-order valence-electron chi connectivity index (χ4n) is 2.08. The first-order valence-corrected chi connectivity index (χ1v) is 7.50. The first-order chi connectivity index (χ1) is 10.3. The molecule has 0 saturated carbocycles. The van der Waals surface area contributed by atoms with Gasteiger partial charge in [-0.1, -0.05) is 60.7 Å². The minimum Gasteiger partial charge on any atom is -0.487 e. The lowest BCUT2D eigenvalue weighted by Gasteiger charge is -2.11. The third-order valence-corrected chi connectivity index (χ3v) is 3.54. The molecule has 104 valence electrons. The number of nitrogens with zero attached hydrogens (tertiary/aromatic N) is 1. The summed E-state index contributed by atoms with van der Waals surface area (Å²) in [5.74, 6) is 0.777. The van der Waals surface area contributed by atoms with Gasteiger partial charge in [0.25, 0.3) is 0 Å². The van der Waals surface area contributed by atoms with Crippen LogP contribution in [0.5, 0.6) is 5.75 Å². The molecule has 0 radical (unpaired) electrons. The molecule has 0 unspecified atom stereocenters. The Labute approximate surface area is 132 Å². The lowest BCUT2D eigenvalue weighted by molar-refractivity contribution is 0.306. The third-order valence-electron chi connectivity index (χ3n) is 3.10. The molecule has 0 atom stereocenters. The van der Waals surface area contributed by atoms with Crippen molar-refractivity contribution in [3.05, 3.63) is 83.0 Å². The molecule has 0 aliphatic heterocycles. The predicted molar refractivity (Wildman–Crippen MR) is 88.1 cm³/mol. The molecular weight excluding hydrogens is 326 g/mol. The molecule has 0 N–H and O–H groups in total. The van der Waals surface area contributed by atoms with E-state index in [-0.39, 0.29) is 0 Å². The smallest absolute Gasteiger partial charge is 0.147 e. The molecule has 0 aliphatic carbocycles. The maximum Gasteiger partial charge on any atom is 0.147 e. The van der Waals surface area contributed by atoms with Gasteiger partial charge in [-0.05, 0) is 27.6 Å². The number of rotatable bonds is 4. The Balaban J connectivity index is 1.89. The molecule has 3 aromatic rings. The number of halogens is 1. The Morgan fingerprint density at radius 2 is 1.57 bits per heavy atom. The van der Waals surface area contributed by atoms with Gasteiger partial charge in [0.15, 0.2) is 0 Å². The average Bonchev–Trinajstić information content (AvgIpc) is 2.55. The van der Waals surface area contributed by atoms with Crippen molar-refractivity contribution in [3.63, 3.8) is 0 Å². The van der Waals surface area contributed by atoms with E-state index in [9.17, 15) is 0 Å². The Morgan fingerprint density at radius 3 is 2.29 bits per heavy atom. The number of hydrogen-bond acceptors (Lipinski definition) is 2. The molecule has 0 aliphatic rings. The fourth-order valence-corrected chi connectivity index (χ4v) is 2.39. The van der Waals surface area contributed by atoms with E-state index in [1.54, 1.807) is 6.20 Å². The summed E-state index contributed by atoms with van der Waals surface area (Å²) in [5, 5.41) is 0. The summed E-state index contributed by atoms with van der Waals surface area (Å²) in [7, 11) is 0. The van der Waals surface area contributed by atoms with E-state index in [4.69, 9.17) is 4.74 Å². The Hall–Kier alpha value is -2.13. The van der Waals surface area contributed by atoms with E-state index in [1.165, 1.54) is 0 Å². The van der Waals surface area contributed by atoms with Crippen molar-refractivity contribution >= 4 is 15.9 Å². The second-order valence-electron chi connectivity index (χ2n) is 4.64. The summed E-state index contributed by atoms with van der Waals surface area (Å²) >= 11 is 3.45. The van der Waals surface area contributed by atoms with Crippen LogP contribution in [0.15, 0.2) is 77.4 Å². The molecule has 3 heteroatoms. The van der Waals surface area contributed by atoms with Crippen molar-refractivity contribution in [1.82, 2.24) is 4.98 Å². The van der Waals surface area contributed by atoms with Gasteiger partial charge in [0, 0.05) is 16.2 Å². The van der Waals surface area contributed by atoms with Crippen LogP contribution in [0.4, 0.5) is 0 Å². The molecule has 0 fully saturated rings. The van der Waals surface area contributed by atoms with Crippen LogP contribution in [0, 0.1) is 0 Å². The van der Waals surface area contributed by atoms with Gasteiger partial charge in [-0.2, -0.15) is 0 Å². The largest absolute Gasteiger partial charge is 0.487 e. The van der Waals surface area contributed by atoms with Crippen LogP contribution in [-0.4, -0.2) is 4.98 Å². The number of pyridine rings is 1. The number of hydrogen-bond donors (Lipinski definition) is 0. The molecule has 0 amide bonds. The molecule has 0 saturated heterocycles. The van der Waals surface area contributed by atoms with Gasteiger partial charge in [0.2, 0.25) is 0 Å². The van der Waals surface area contributed by atoms with Crippen molar-refractivity contribution < 1.29 is 4.74 Å². The second kappa shape index (κ2) is 6.55.